The minimum absolute atomic E-state index is 0.0110. The molecule has 42 heavy (non-hydrogen) atoms. The van der Waals surface area contributed by atoms with Gasteiger partial charge in [0.25, 0.3) is 5.91 Å². The van der Waals surface area contributed by atoms with Crippen LogP contribution in [0.15, 0.2) is 84.9 Å². The number of aliphatic hydroxyl groups is 1. The van der Waals surface area contributed by atoms with E-state index in [1.165, 1.54) is 19.2 Å². The Labute approximate surface area is 247 Å². The molecular formula is C35H39FN2O4. The van der Waals surface area contributed by atoms with E-state index in [0.717, 1.165) is 28.1 Å². The molecule has 4 rings (SSSR count). The number of nitrogens with one attached hydrogen (secondary N) is 1. The molecule has 7 heteroatoms. The van der Waals surface area contributed by atoms with Gasteiger partial charge in [-0.15, -0.1) is 0 Å². The summed E-state index contributed by atoms with van der Waals surface area (Å²) in [4.78, 5) is 25.5. The highest BCUT2D eigenvalue weighted by atomic mass is 19.1. The van der Waals surface area contributed by atoms with E-state index in [4.69, 9.17) is 4.74 Å². The summed E-state index contributed by atoms with van der Waals surface area (Å²) in [6.07, 6.45) is 1.95. The molecular weight excluding hydrogens is 531 g/mol. The highest BCUT2D eigenvalue weighted by Gasteiger charge is 2.30. The lowest BCUT2D eigenvalue weighted by Gasteiger charge is -2.18. The third-order valence-electron chi connectivity index (χ3n) is 7.35. The molecule has 0 unspecified atom stereocenters. The number of aromatic nitrogens is 1. The fourth-order valence-corrected chi connectivity index (χ4v) is 5.42. The van der Waals surface area contributed by atoms with Crippen LogP contribution in [0.2, 0.25) is 0 Å². The van der Waals surface area contributed by atoms with Crippen molar-refractivity contribution in [2.24, 2.45) is 0 Å². The van der Waals surface area contributed by atoms with Gasteiger partial charge in [-0.25, -0.2) is 4.39 Å². The second-order valence-electron chi connectivity index (χ2n) is 10.7. The van der Waals surface area contributed by atoms with Crippen LogP contribution in [0.3, 0.4) is 0 Å². The van der Waals surface area contributed by atoms with Gasteiger partial charge in [0, 0.05) is 29.9 Å². The SMILES string of the molecule is COC(=O)CCC[C@H](O)CCCn1c(-c2ccc(F)cc2)c(-c2ccccc2)c(C(=O)Nc2ccccc2)c1C(C)C. The van der Waals surface area contributed by atoms with Crippen LogP contribution in [0.5, 0.6) is 0 Å². The molecule has 0 aliphatic heterocycles. The first-order valence-electron chi connectivity index (χ1n) is 14.5. The first-order chi connectivity index (χ1) is 20.3. The van der Waals surface area contributed by atoms with E-state index in [1.807, 2.05) is 60.7 Å². The average Bonchev–Trinajstić information content (AvgIpc) is 3.34. The molecule has 0 bridgehead atoms. The number of halogens is 1. The number of rotatable bonds is 13. The summed E-state index contributed by atoms with van der Waals surface area (Å²) in [5.74, 6) is -0.842. The Morgan fingerprint density at radius 3 is 2.12 bits per heavy atom. The van der Waals surface area contributed by atoms with Crippen molar-refractivity contribution in [2.45, 2.75) is 64.5 Å². The van der Waals surface area contributed by atoms with Gasteiger partial charge in [0.05, 0.1) is 24.5 Å². The number of amides is 1. The van der Waals surface area contributed by atoms with Crippen LogP contribution in [0, 0.1) is 5.82 Å². The molecule has 0 saturated heterocycles. The van der Waals surface area contributed by atoms with Crippen molar-refractivity contribution in [2.75, 3.05) is 12.4 Å². The molecule has 0 spiro atoms. The summed E-state index contributed by atoms with van der Waals surface area (Å²) in [6, 6.07) is 25.5. The number of esters is 1. The molecule has 220 valence electrons. The summed E-state index contributed by atoms with van der Waals surface area (Å²) in [5, 5.41) is 13.7. The second kappa shape index (κ2) is 14.6. The fraction of sp³-hybridized carbons (Fsp3) is 0.314. The van der Waals surface area contributed by atoms with Crippen molar-refractivity contribution >= 4 is 17.6 Å². The van der Waals surface area contributed by atoms with Crippen molar-refractivity contribution in [3.63, 3.8) is 0 Å². The second-order valence-corrected chi connectivity index (χ2v) is 10.7. The van der Waals surface area contributed by atoms with E-state index in [1.54, 1.807) is 12.1 Å². The van der Waals surface area contributed by atoms with E-state index in [-0.39, 0.29) is 30.0 Å². The molecule has 1 heterocycles. The molecule has 1 aromatic heterocycles. The molecule has 1 atom stereocenters. The van der Waals surface area contributed by atoms with Gasteiger partial charge in [-0.3, -0.25) is 9.59 Å². The Bertz CT molecular complexity index is 1460. The number of nitrogens with zero attached hydrogens (tertiary/aromatic N) is 1. The molecule has 4 aromatic rings. The Kier molecular flexibility index (Phi) is 10.7. The van der Waals surface area contributed by atoms with E-state index in [2.05, 4.69) is 23.7 Å². The smallest absolute Gasteiger partial charge is 0.305 e. The van der Waals surface area contributed by atoms with E-state index < -0.39 is 6.10 Å². The standard InChI is InChI=1S/C35H39FN2O4/c1-24(2)33-32(35(41)37-28-14-8-5-9-15-28)31(25-12-6-4-7-13-25)34(26-19-21-27(36)22-20-26)38(33)23-11-17-29(39)16-10-18-30(40)42-3/h4-9,12-15,19-22,24,29,39H,10-11,16-18,23H2,1-3H3,(H,37,41)/t29-/m0/s1. The number of carbonyl (C=O) groups excluding carboxylic acids is 2. The lowest BCUT2D eigenvalue weighted by molar-refractivity contribution is -0.140. The predicted molar refractivity (Wildman–Crippen MR) is 165 cm³/mol. The lowest BCUT2D eigenvalue weighted by atomic mass is 9.94. The highest BCUT2D eigenvalue weighted by molar-refractivity contribution is 6.12. The van der Waals surface area contributed by atoms with Crippen LogP contribution >= 0.6 is 0 Å². The highest BCUT2D eigenvalue weighted by Crippen LogP contribution is 2.42. The maximum atomic E-state index is 14.1. The maximum absolute atomic E-state index is 14.1. The van der Waals surface area contributed by atoms with Crippen LogP contribution in [0.1, 0.15) is 67.9 Å². The molecule has 2 N–H and O–H groups in total. The molecule has 0 aliphatic carbocycles. The van der Waals surface area contributed by atoms with Gasteiger partial charge in [-0.05, 0) is 79.1 Å². The number of anilines is 1. The number of aliphatic hydroxyl groups excluding tert-OH is 1. The van der Waals surface area contributed by atoms with Crippen LogP contribution in [-0.2, 0) is 16.1 Å². The molecule has 1 amide bonds. The number of methoxy groups -OCH3 is 1. The number of hydrogen-bond acceptors (Lipinski definition) is 4. The van der Waals surface area contributed by atoms with Gasteiger partial charge < -0.3 is 19.7 Å². The molecule has 0 fully saturated rings. The zero-order chi connectivity index (χ0) is 30.1. The first-order valence-corrected chi connectivity index (χ1v) is 14.5. The van der Waals surface area contributed by atoms with Crippen molar-refractivity contribution in [1.82, 2.24) is 4.57 Å². The van der Waals surface area contributed by atoms with Crippen molar-refractivity contribution in [3.8, 4) is 22.4 Å². The van der Waals surface area contributed by atoms with Gasteiger partial charge in [0.2, 0.25) is 0 Å². The quantitative estimate of drug-likeness (QED) is 0.161. The summed E-state index contributed by atoms with van der Waals surface area (Å²) >= 11 is 0. The topological polar surface area (TPSA) is 80.6 Å². The zero-order valence-electron chi connectivity index (χ0n) is 24.5. The number of para-hydroxylation sites is 1. The van der Waals surface area contributed by atoms with Crippen molar-refractivity contribution in [3.05, 3.63) is 102 Å². The van der Waals surface area contributed by atoms with Gasteiger partial charge in [0.1, 0.15) is 5.82 Å². The van der Waals surface area contributed by atoms with Crippen molar-refractivity contribution < 1.29 is 23.8 Å². The third-order valence-corrected chi connectivity index (χ3v) is 7.35. The summed E-state index contributed by atoms with van der Waals surface area (Å²) < 4.78 is 20.9. The van der Waals surface area contributed by atoms with Crippen LogP contribution in [-0.4, -0.2) is 34.8 Å². The van der Waals surface area contributed by atoms with Crippen LogP contribution in [0.25, 0.3) is 22.4 Å². The zero-order valence-corrected chi connectivity index (χ0v) is 24.5. The van der Waals surface area contributed by atoms with Crippen LogP contribution < -0.4 is 5.32 Å². The minimum Gasteiger partial charge on any atom is -0.469 e. The monoisotopic (exact) mass is 570 g/mol. The number of ether oxygens (including phenoxy) is 1. The van der Waals surface area contributed by atoms with Gasteiger partial charge in [-0.1, -0.05) is 62.4 Å². The fourth-order valence-electron chi connectivity index (χ4n) is 5.42. The summed E-state index contributed by atoms with van der Waals surface area (Å²) in [5.41, 5.74) is 5.47. The summed E-state index contributed by atoms with van der Waals surface area (Å²) in [6.45, 7) is 4.68. The van der Waals surface area contributed by atoms with E-state index in [0.29, 0.717) is 43.5 Å². The van der Waals surface area contributed by atoms with E-state index in [9.17, 15) is 19.1 Å². The Morgan fingerprint density at radius 2 is 1.50 bits per heavy atom. The number of carbonyl (C=O) groups is 2. The molecule has 3 aromatic carbocycles. The lowest BCUT2D eigenvalue weighted by Crippen LogP contribution is -2.17. The Hall–Kier alpha value is -4.23. The number of hydrogen-bond donors (Lipinski definition) is 2. The van der Waals surface area contributed by atoms with Gasteiger partial charge in [-0.2, -0.15) is 0 Å². The average molecular weight is 571 g/mol. The van der Waals surface area contributed by atoms with Crippen LogP contribution in [0.4, 0.5) is 10.1 Å². The molecule has 0 saturated carbocycles. The Balaban J connectivity index is 1.80. The van der Waals surface area contributed by atoms with Gasteiger partial charge in [0.15, 0.2) is 0 Å². The molecule has 0 radical (unpaired) electrons. The first kappa shape index (κ1) is 30.7. The largest absolute Gasteiger partial charge is 0.469 e. The minimum atomic E-state index is -0.559. The number of benzene rings is 3. The van der Waals surface area contributed by atoms with Crippen molar-refractivity contribution in [1.29, 1.82) is 0 Å². The molecule has 0 aliphatic rings. The normalized spacial score (nSPS) is 11.9. The summed E-state index contributed by atoms with van der Waals surface area (Å²) in [7, 11) is 1.36. The maximum Gasteiger partial charge on any atom is 0.305 e. The Morgan fingerprint density at radius 1 is 0.881 bits per heavy atom. The van der Waals surface area contributed by atoms with Gasteiger partial charge >= 0.3 is 5.97 Å². The third kappa shape index (κ3) is 7.53. The predicted octanol–water partition coefficient (Wildman–Crippen LogP) is 7.82. The molecule has 6 nitrogen and oxygen atoms in total. The van der Waals surface area contributed by atoms with E-state index >= 15 is 0 Å².